The van der Waals surface area contributed by atoms with Crippen LogP contribution in [0.1, 0.15) is 54.4 Å². The maximum absolute atomic E-state index is 8.80. The lowest BCUT2D eigenvalue weighted by Crippen LogP contribution is -1.90. The fourth-order valence-corrected chi connectivity index (χ4v) is 1.18. The summed E-state index contributed by atoms with van der Waals surface area (Å²) in [6, 6.07) is 0. The number of aliphatic hydroxyl groups excluding tert-OH is 1. The van der Waals surface area contributed by atoms with E-state index in [0.717, 1.165) is 12.8 Å². The third-order valence-corrected chi connectivity index (χ3v) is 1.79. The number of allylic oxidation sites excluding steroid dienone is 4. The van der Waals surface area contributed by atoms with Gasteiger partial charge in [-0.15, -0.1) is 0 Å². The van der Waals surface area contributed by atoms with Gasteiger partial charge in [-0.1, -0.05) is 59.4 Å². The van der Waals surface area contributed by atoms with Crippen LogP contribution in [-0.2, 0) is 0 Å². The predicted molar refractivity (Wildman–Crippen MR) is 76.7 cm³/mol. The van der Waals surface area contributed by atoms with Crippen LogP contribution in [0.25, 0.3) is 0 Å². The van der Waals surface area contributed by atoms with Crippen molar-refractivity contribution >= 4 is 0 Å². The summed E-state index contributed by atoms with van der Waals surface area (Å²) in [5, 5.41) is 8.80. The summed E-state index contributed by atoms with van der Waals surface area (Å²) in [6.07, 6.45) is 7.59. The summed E-state index contributed by atoms with van der Waals surface area (Å²) in [7, 11) is 0. The molecule has 96 valence electrons. The van der Waals surface area contributed by atoms with Crippen molar-refractivity contribution in [2.75, 3.05) is 6.61 Å². The Bertz CT molecular complexity index is 188. The van der Waals surface area contributed by atoms with Crippen molar-refractivity contribution in [2.45, 2.75) is 54.4 Å². The topological polar surface area (TPSA) is 20.2 Å². The molecule has 1 N–H and O–H groups in total. The largest absolute Gasteiger partial charge is 0.396 e. The zero-order chi connectivity index (χ0) is 13.4. The van der Waals surface area contributed by atoms with Gasteiger partial charge in [-0.3, -0.25) is 0 Å². The van der Waals surface area contributed by atoms with E-state index in [1.54, 1.807) is 0 Å². The molecule has 16 heavy (non-hydrogen) atoms. The van der Waals surface area contributed by atoms with Crippen molar-refractivity contribution in [3.8, 4) is 0 Å². The van der Waals surface area contributed by atoms with Crippen LogP contribution in [0.4, 0.5) is 0 Å². The van der Waals surface area contributed by atoms with E-state index in [1.807, 2.05) is 52.8 Å². The third-order valence-electron chi connectivity index (χ3n) is 1.79. The van der Waals surface area contributed by atoms with Gasteiger partial charge in [0, 0.05) is 6.61 Å². The monoisotopic (exact) mass is 226 g/mol. The predicted octanol–water partition coefficient (Wildman–Crippen LogP) is 4.89. The fraction of sp³-hybridized carbons (Fsp3) is 0.600. The minimum absolute atomic E-state index is 0.205. The van der Waals surface area contributed by atoms with Gasteiger partial charge in [-0.05, 0) is 30.9 Å². The average Bonchev–Trinajstić information content (AvgIpc) is 2.36. The molecule has 0 unspecified atom stereocenters. The first-order valence-corrected chi connectivity index (χ1v) is 6.38. The first-order chi connectivity index (χ1) is 7.79. The molecule has 0 spiro atoms. The minimum atomic E-state index is 0.205. The normalized spacial score (nSPS) is 10.7. The highest BCUT2D eigenvalue weighted by molar-refractivity contribution is 5.31. The van der Waals surface area contributed by atoms with Crippen molar-refractivity contribution < 1.29 is 5.11 Å². The lowest BCUT2D eigenvalue weighted by atomic mass is 10.0. The van der Waals surface area contributed by atoms with Crippen molar-refractivity contribution in [2.24, 2.45) is 0 Å². The number of hydrogen-bond donors (Lipinski definition) is 1. The van der Waals surface area contributed by atoms with E-state index in [4.69, 9.17) is 5.11 Å². The lowest BCUT2D eigenvalue weighted by Gasteiger charge is -2.04. The smallest absolute Gasteiger partial charge is 0.0471 e. The van der Waals surface area contributed by atoms with Gasteiger partial charge in [0.05, 0.1) is 0 Å². The molecule has 0 atom stereocenters. The zero-order valence-electron chi connectivity index (χ0n) is 12.0. The van der Waals surface area contributed by atoms with Gasteiger partial charge in [0.25, 0.3) is 0 Å². The van der Waals surface area contributed by atoms with Gasteiger partial charge in [0.15, 0.2) is 0 Å². The van der Waals surface area contributed by atoms with Crippen LogP contribution in [0.2, 0.25) is 0 Å². The summed E-state index contributed by atoms with van der Waals surface area (Å²) in [6.45, 7) is 16.0. The molecule has 0 aliphatic heterocycles. The second-order valence-electron chi connectivity index (χ2n) is 2.58. The second-order valence-corrected chi connectivity index (χ2v) is 2.58. The molecule has 0 saturated carbocycles. The summed E-state index contributed by atoms with van der Waals surface area (Å²) >= 11 is 0. The summed E-state index contributed by atoms with van der Waals surface area (Å²) in [5.41, 5.74) is 2.42. The molecule has 1 heteroatoms. The van der Waals surface area contributed by atoms with Gasteiger partial charge in [-0.2, -0.15) is 0 Å². The Morgan fingerprint density at radius 2 is 1.62 bits per heavy atom. The van der Waals surface area contributed by atoms with Gasteiger partial charge in [0.1, 0.15) is 0 Å². The van der Waals surface area contributed by atoms with Crippen LogP contribution in [0, 0.1) is 0 Å². The molecule has 0 aromatic rings. The Balaban J connectivity index is -0.000000376. The van der Waals surface area contributed by atoms with Gasteiger partial charge in [0.2, 0.25) is 0 Å². The number of aliphatic hydroxyl groups is 1. The van der Waals surface area contributed by atoms with E-state index >= 15 is 0 Å². The minimum Gasteiger partial charge on any atom is -0.396 e. The van der Waals surface area contributed by atoms with Crippen molar-refractivity contribution in [3.63, 3.8) is 0 Å². The Morgan fingerprint density at radius 3 is 1.88 bits per heavy atom. The number of rotatable bonds is 5. The van der Waals surface area contributed by atoms with Crippen LogP contribution in [0.3, 0.4) is 0 Å². The Morgan fingerprint density at radius 1 is 1.12 bits per heavy atom. The molecule has 0 bridgehead atoms. The van der Waals surface area contributed by atoms with E-state index in [0.29, 0.717) is 0 Å². The summed E-state index contributed by atoms with van der Waals surface area (Å²) in [4.78, 5) is 0. The molecule has 0 aliphatic rings. The molecule has 0 rings (SSSR count). The SMILES string of the molecule is C=C/C(CC)=C(\C=C/C)CCO.CC.CC. The van der Waals surface area contributed by atoms with E-state index in [9.17, 15) is 0 Å². The van der Waals surface area contributed by atoms with Crippen LogP contribution >= 0.6 is 0 Å². The van der Waals surface area contributed by atoms with Crippen molar-refractivity contribution in [1.29, 1.82) is 0 Å². The highest BCUT2D eigenvalue weighted by Crippen LogP contribution is 2.14. The first-order valence-electron chi connectivity index (χ1n) is 6.38. The van der Waals surface area contributed by atoms with Gasteiger partial charge < -0.3 is 5.11 Å². The van der Waals surface area contributed by atoms with Crippen molar-refractivity contribution in [1.82, 2.24) is 0 Å². The van der Waals surface area contributed by atoms with Crippen LogP contribution in [-0.4, -0.2) is 11.7 Å². The molecule has 0 radical (unpaired) electrons. The van der Waals surface area contributed by atoms with Gasteiger partial charge >= 0.3 is 0 Å². The van der Waals surface area contributed by atoms with Crippen LogP contribution in [0.5, 0.6) is 0 Å². The lowest BCUT2D eigenvalue weighted by molar-refractivity contribution is 0.300. The molecule has 0 amide bonds. The van der Waals surface area contributed by atoms with Crippen molar-refractivity contribution in [3.05, 3.63) is 36.0 Å². The second kappa shape index (κ2) is 19.7. The molecule has 0 aromatic carbocycles. The molecule has 0 heterocycles. The molecule has 0 aliphatic carbocycles. The Hall–Kier alpha value is -0.820. The zero-order valence-corrected chi connectivity index (χ0v) is 12.0. The maximum Gasteiger partial charge on any atom is 0.0471 e. The quantitative estimate of drug-likeness (QED) is 0.662. The number of hydrogen-bond acceptors (Lipinski definition) is 1. The first kappa shape index (κ1) is 20.6. The average molecular weight is 226 g/mol. The van der Waals surface area contributed by atoms with E-state index < -0.39 is 0 Å². The summed E-state index contributed by atoms with van der Waals surface area (Å²) in [5.74, 6) is 0. The van der Waals surface area contributed by atoms with Crippen LogP contribution < -0.4 is 0 Å². The van der Waals surface area contributed by atoms with E-state index in [1.165, 1.54) is 11.1 Å². The fourth-order valence-electron chi connectivity index (χ4n) is 1.18. The third kappa shape index (κ3) is 11.3. The van der Waals surface area contributed by atoms with Crippen LogP contribution in [0.15, 0.2) is 36.0 Å². The molecular weight excluding hydrogens is 196 g/mol. The molecule has 0 aromatic heterocycles. The highest BCUT2D eigenvalue weighted by atomic mass is 16.2. The summed E-state index contributed by atoms with van der Waals surface area (Å²) < 4.78 is 0. The van der Waals surface area contributed by atoms with E-state index in [2.05, 4.69) is 13.5 Å². The Kier molecular flexibility index (Phi) is 25.3. The highest BCUT2D eigenvalue weighted by Gasteiger charge is 1.97. The standard InChI is InChI=1S/C11H18O.2C2H6/c1-4-7-11(8-9-12)10(5-2)6-3;2*1-2/h4-5,7,12H,2,6,8-9H2,1,3H3;2*1-2H3/b7-4-,11-10-;;. The Labute approximate surface area is 103 Å². The maximum atomic E-state index is 8.80. The molecule has 0 fully saturated rings. The molecular formula is C15H30O. The van der Waals surface area contributed by atoms with Gasteiger partial charge in [-0.25, -0.2) is 0 Å². The molecule has 0 saturated heterocycles. The van der Waals surface area contributed by atoms with E-state index in [-0.39, 0.29) is 6.61 Å². The molecule has 1 nitrogen and oxygen atoms in total.